The summed E-state index contributed by atoms with van der Waals surface area (Å²) in [6, 6.07) is 26.3. The lowest BCUT2D eigenvalue weighted by Crippen LogP contribution is -2.29. The lowest BCUT2D eigenvalue weighted by atomic mass is 9.93. The van der Waals surface area contributed by atoms with Crippen LogP contribution in [-0.4, -0.2) is 11.8 Å². The van der Waals surface area contributed by atoms with E-state index in [0.717, 1.165) is 33.4 Å². The third kappa shape index (κ3) is 8.76. The molecular formula is C37H45NO. The van der Waals surface area contributed by atoms with Crippen molar-refractivity contribution in [2.45, 2.75) is 81.3 Å². The normalized spacial score (nSPS) is 11.0. The Balaban J connectivity index is 0.000000218. The Bertz CT molecular complexity index is 1270. The maximum atomic E-state index is 12.5. The number of rotatable bonds is 6. The van der Waals surface area contributed by atoms with Crippen LogP contribution in [0.1, 0.15) is 91.4 Å². The van der Waals surface area contributed by atoms with Gasteiger partial charge in [-0.3, -0.25) is 4.79 Å². The largest absolute Gasteiger partial charge is 0.304 e. The van der Waals surface area contributed by atoms with Gasteiger partial charge in [0.25, 0.3) is 0 Å². The average molecular weight is 520 g/mol. The summed E-state index contributed by atoms with van der Waals surface area (Å²) in [5.74, 6) is 0.105. The molecule has 0 aliphatic carbocycles. The van der Waals surface area contributed by atoms with E-state index < -0.39 is 0 Å². The SMILES string of the molecule is Cc1cc(C)cc(C(=O)c2cc(C)cc(C)c2)c1.Cc1cc(C)cc(C(NC(C)C)c2cc(C)cc(C)c2)c1. The molecule has 204 valence electrons. The predicted octanol–water partition coefficient (Wildman–Crippen LogP) is 9.16. The summed E-state index contributed by atoms with van der Waals surface area (Å²) in [6.45, 7) is 21.2. The number of hydrogen-bond donors (Lipinski definition) is 1. The summed E-state index contributed by atoms with van der Waals surface area (Å²) in [5.41, 5.74) is 14.1. The van der Waals surface area contributed by atoms with Crippen LogP contribution in [0.5, 0.6) is 0 Å². The Kier molecular flexibility index (Phi) is 10.1. The molecule has 0 saturated heterocycles. The molecule has 0 atom stereocenters. The zero-order chi connectivity index (χ0) is 28.9. The van der Waals surface area contributed by atoms with Gasteiger partial charge in [0, 0.05) is 17.2 Å². The number of ketones is 1. The second kappa shape index (κ2) is 13.0. The zero-order valence-corrected chi connectivity index (χ0v) is 25.5. The topological polar surface area (TPSA) is 29.1 Å². The molecule has 0 amide bonds. The molecule has 0 unspecified atom stereocenters. The maximum Gasteiger partial charge on any atom is 0.193 e. The van der Waals surface area contributed by atoms with Crippen LogP contribution in [0.2, 0.25) is 0 Å². The summed E-state index contributed by atoms with van der Waals surface area (Å²) in [6.07, 6.45) is 0. The Morgan fingerprint density at radius 1 is 0.462 bits per heavy atom. The van der Waals surface area contributed by atoms with E-state index in [1.807, 2.05) is 52.0 Å². The van der Waals surface area contributed by atoms with Crippen LogP contribution in [0.3, 0.4) is 0 Å². The first-order valence-electron chi connectivity index (χ1n) is 13.9. The van der Waals surface area contributed by atoms with Crippen molar-refractivity contribution in [1.29, 1.82) is 0 Å². The van der Waals surface area contributed by atoms with E-state index in [-0.39, 0.29) is 11.8 Å². The van der Waals surface area contributed by atoms with E-state index in [0.29, 0.717) is 6.04 Å². The average Bonchev–Trinajstić information content (AvgIpc) is 2.80. The predicted molar refractivity (Wildman–Crippen MR) is 167 cm³/mol. The second-order valence-electron chi connectivity index (χ2n) is 11.7. The van der Waals surface area contributed by atoms with Crippen molar-refractivity contribution < 1.29 is 4.79 Å². The molecule has 0 radical (unpaired) electrons. The monoisotopic (exact) mass is 519 g/mol. The maximum absolute atomic E-state index is 12.5. The fraction of sp³-hybridized carbons (Fsp3) is 0.324. The van der Waals surface area contributed by atoms with E-state index in [1.165, 1.54) is 33.4 Å². The minimum atomic E-state index is 0.105. The molecule has 39 heavy (non-hydrogen) atoms. The van der Waals surface area contributed by atoms with Crippen LogP contribution < -0.4 is 5.32 Å². The van der Waals surface area contributed by atoms with Gasteiger partial charge in [-0.05, 0) is 105 Å². The van der Waals surface area contributed by atoms with Crippen LogP contribution in [0, 0.1) is 55.4 Å². The smallest absolute Gasteiger partial charge is 0.193 e. The number of nitrogens with one attached hydrogen (secondary N) is 1. The summed E-state index contributed by atoms with van der Waals surface area (Å²) >= 11 is 0. The third-order valence-corrected chi connectivity index (χ3v) is 6.62. The van der Waals surface area contributed by atoms with Gasteiger partial charge in [-0.15, -0.1) is 0 Å². The second-order valence-corrected chi connectivity index (χ2v) is 11.7. The Morgan fingerprint density at radius 2 is 0.718 bits per heavy atom. The quantitative estimate of drug-likeness (QED) is 0.257. The van der Waals surface area contributed by atoms with Gasteiger partial charge in [0.05, 0.1) is 6.04 Å². The van der Waals surface area contributed by atoms with Crippen molar-refractivity contribution in [3.8, 4) is 0 Å². The highest BCUT2D eigenvalue weighted by Crippen LogP contribution is 2.26. The molecule has 0 aliphatic heterocycles. The summed E-state index contributed by atoms with van der Waals surface area (Å²) in [5, 5.41) is 3.72. The molecule has 4 aromatic rings. The van der Waals surface area contributed by atoms with Crippen LogP contribution in [0.15, 0.2) is 72.8 Å². The third-order valence-electron chi connectivity index (χ3n) is 6.62. The lowest BCUT2D eigenvalue weighted by Gasteiger charge is -2.24. The van der Waals surface area contributed by atoms with Gasteiger partial charge in [-0.2, -0.15) is 0 Å². The number of hydrogen-bond acceptors (Lipinski definition) is 2. The summed E-state index contributed by atoms with van der Waals surface area (Å²) < 4.78 is 0. The van der Waals surface area contributed by atoms with Gasteiger partial charge in [-0.25, -0.2) is 0 Å². The summed E-state index contributed by atoms with van der Waals surface area (Å²) in [7, 11) is 0. The molecule has 4 rings (SSSR count). The summed E-state index contributed by atoms with van der Waals surface area (Å²) in [4.78, 5) is 12.5. The zero-order valence-electron chi connectivity index (χ0n) is 25.5. The Morgan fingerprint density at radius 3 is 0.974 bits per heavy atom. The van der Waals surface area contributed by atoms with E-state index in [2.05, 4.69) is 95.4 Å². The van der Waals surface area contributed by atoms with Gasteiger partial charge in [-0.1, -0.05) is 93.0 Å². The van der Waals surface area contributed by atoms with E-state index in [4.69, 9.17) is 0 Å². The minimum absolute atomic E-state index is 0.105. The molecule has 0 saturated carbocycles. The van der Waals surface area contributed by atoms with Crippen molar-refractivity contribution in [2.75, 3.05) is 0 Å². The van der Waals surface area contributed by atoms with E-state index in [1.54, 1.807) is 0 Å². The van der Waals surface area contributed by atoms with Crippen LogP contribution >= 0.6 is 0 Å². The fourth-order valence-corrected chi connectivity index (χ4v) is 5.45. The highest BCUT2D eigenvalue weighted by molar-refractivity contribution is 6.09. The minimum Gasteiger partial charge on any atom is -0.304 e. The van der Waals surface area contributed by atoms with Crippen molar-refractivity contribution >= 4 is 5.78 Å². The first-order valence-corrected chi connectivity index (χ1v) is 13.9. The molecule has 1 N–H and O–H groups in total. The van der Waals surface area contributed by atoms with Crippen molar-refractivity contribution in [3.63, 3.8) is 0 Å². The molecule has 2 heteroatoms. The van der Waals surface area contributed by atoms with Gasteiger partial charge >= 0.3 is 0 Å². The number of carbonyl (C=O) groups excluding carboxylic acids is 1. The van der Waals surface area contributed by atoms with Gasteiger partial charge in [0.2, 0.25) is 0 Å². The van der Waals surface area contributed by atoms with E-state index in [9.17, 15) is 4.79 Å². The van der Waals surface area contributed by atoms with Crippen LogP contribution in [0.25, 0.3) is 0 Å². The number of aryl methyl sites for hydroxylation is 8. The standard InChI is InChI=1S/C20H27N.C17H18O/c1-13(2)21-20(18-9-14(3)7-15(4)10-18)19-11-16(5)8-17(6)12-19;1-11-5-12(2)8-15(7-11)17(18)16-9-13(3)6-14(4)10-16/h7-13,20-21H,1-6H3;5-10H,1-4H3. The molecule has 0 heterocycles. The number of benzene rings is 4. The first kappa shape index (κ1) is 30.1. The molecule has 2 nitrogen and oxygen atoms in total. The lowest BCUT2D eigenvalue weighted by molar-refractivity contribution is 0.103. The first-order chi connectivity index (χ1) is 18.3. The molecule has 0 aliphatic rings. The fourth-order valence-electron chi connectivity index (χ4n) is 5.45. The Hall–Kier alpha value is -3.49. The molecular weight excluding hydrogens is 474 g/mol. The highest BCUT2D eigenvalue weighted by Gasteiger charge is 2.16. The molecule has 0 fully saturated rings. The Labute approximate surface area is 236 Å². The van der Waals surface area contributed by atoms with Crippen molar-refractivity contribution in [3.05, 3.63) is 140 Å². The van der Waals surface area contributed by atoms with Crippen molar-refractivity contribution in [2.24, 2.45) is 0 Å². The van der Waals surface area contributed by atoms with E-state index >= 15 is 0 Å². The van der Waals surface area contributed by atoms with Gasteiger partial charge in [0.1, 0.15) is 0 Å². The van der Waals surface area contributed by atoms with Gasteiger partial charge < -0.3 is 5.32 Å². The van der Waals surface area contributed by atoms with Crippen molar-refractivity contribution in [1.82, 2.24) is 5.32 Å². The highest BCUT2D eigenvalue weighted by atomic mass is 16.1. The molecule has 0 spiro atoms. The molecule has 0 aromatic heterocycles. The molecule has 0 bridgehead atoms. The number of carbonyl (C=O) groups is 1. The molecule has 4 aromatic carbocycles. The van der Waals surface area contributed by atoms with Crippen LogP contribution in [-0.2, 0) is 0 Å². The van der Waals surface area contributed by atoms with Gasteiger partial charge in [0.15, 0.2) is 5.78 Å². The van der Waals surface area contributed by atoms with Crippen LogP contribution in [0.4, 0.5) is 0 Å².